The number of hydrogen-bond donors (Lipinski definition) is 3. The molecule has 0 amide bonds. The highest BCUT2D eigenvalue weighted by atomic mass is 19.1. The van der Waals surface area contributed by atoms with Crippen LogP contribution in [0.4, 0.5) is 4.39 Å². The van der Waals surface area contributed by atoms with Crippen LogP contribution in [-0.4, -0.2) is 5.11 Å². The molecule has 0 radical (unpaired) electrons. The Morgan fingerprint density at radius 3 is 2.22 bits per heavy atom. The van der Waals surface area contributed by atoms with E-state index in [0.717, 1.165) is 16.8 Å². The molecular formula is C23H21FN2O. The van der Waals surface area contributed by atoms with Crippen molar-refractivity contribution in [1.29, 1.82) is 0 Å². The molecule has 1 aliphatic rings. The lowest BCUT2D eigenvalue weighted by molar-refractivity contribution is 0.409. The van der Waals surface area contributed by atoms with Crippen molar-refractivity contribution in [3.05, 3.63) is 107 Å². The third kappa shape index (κ3) is 3.57. The van der Waals surface area contributed by atoms with Crippen LogP contribution >= 0.6 is 0 Å². The molecule has 1 heterocycles. The van der Waals surface area contributed by atoms with Gasteiger partial charge in [-0.25, -0.2) is 4.39 Å². The molecule has 3 aromatic rings. The first-order valence-electron chi connectivity index (χ1n) is 8.95. The van der Waals surface area contributed by atoms with E-state index >= 15 is 0 Å². The second-order valence-corrected chi connectivity index (χ2v) is 6.75. The number of para-hydroxylation sites is 1. The summed E-state index contributed by atoms with van der Waals surface area (Å²) in [6.45, 7) is 2.04. The third-order valence-corrected chi connectivity index (χ3v) is 4.83. The van der Waals surface area contributed by atoms with Crippen molar-refractivity contribution in [3.63, 3.8) is 0 Å². The first-order valence-corrected chi connectivity index (χ1v) is 8.95. The molecule has 27 heavy (non-hydrogen) atoms. The maximum absolute atomic E-state index is 14.4. The van der Waals surface area contributed by atoms with Crippen LogP contribution in [-0.2, 0) is 0 Å². The van der Waals surface area contributed by atoms with Gasteiger partial charge in [0, 0.05) is 16.8 Å². The summed E-state index contributed by atoms with van der Waals surface area (Å²) in [7, 11) is 0. The van der Waals surface area contributed by atoms with Gasteiger partial charge in [0.05, 0.1) is 6.04 Å². The molecule has 3 N–H and O–H groups in total. The fourth-order valence-corrected chi connectivity index (χ4v) is 3.36. The Morgan fingerprint density at radius 2 is 1.52 bits per heavy atom. The van der Waals surface area contributed by atoms with Crippen molar-refractivity contribution < 1.29 is 9.50 Å². The van der Waals surface area contributed by atoms with Gasteiger partial charge >= 0.3 is 0 Å². The second-order valence-electron chi connectivity index (χ2n) is 6.75. The van der Waals surface area contributed by atoms with E-state index in [2.05, 4.69) is 10.6 Å². The number of hydrogen-bond acceptors (Lipinski definition) is 3. The summed E-state index contributed by atoms with van der Waals surface area (Å²) >= 11 is 0. The first kappa shape index (κ1) is 17.3. The van der Waals surface area contributed by atoms with Gasteiger partial charge in [-0.3, -0.25) is 5.32 Å². The Hall–Kier alpha value is -3.11. The third-order valence-electron chi connectivity index (χ3n) is 4.83. The van der Waals surface area contributed by atoms with E-state index in [0.29, 0.717) is 5.56 Å². The largest absolute Gasteiger partial charge is 0.508 e. The summed E-state index contributed by atoms with van der Waals surface area (Å²) in [4.78, 5) is 0. The Balaban J connectivity index is 1.78. The second kappa shape index (κ2) is 7.25. The van der Waals surface area contributed by atoms with Gasteiger partial charge in [-0.2, -0.15) is 0 Å². The fourth-order valence-electron chi connectivity index (χ4n) is 3.36. The standard InChI is InChI=1S/C23H21FN2O/c1-15-10-12-16(13-11-15)20-14-21(18-7-3-5-9-22(18)27)26-23(25-20)17-6-2-4-8-19(17)24/h2-14,21,23,25-27H,1H3. The topological polar surface area (TPSA) is 44.3 Å². The fraction of sp³-hybridized carbons (Fsp3) is 0.130. The smallest absolute Gasteiger partial charge is 0.129 e. The van der Waals surface area contributed by atoms with Crippen LogP contribution in [0.3, 0.4) is 0 Å². The van der Waals surface area contributed by atoms with Crippen LogP contribution < -0.4 is 10.6 Å². The van der Waals surface area contributed by atoms with Crippen molar-refractivity contribution >= 4 is 5.70 Å². The summed E-state index contributed by atoms with van der Waals surface area (Å²) in [5.74, 6) is -0.0626. The van der Waals surface area contributed by atoms with Crippen LogP contribution in [0.5, 0.6) is 5.75 Å². The van der Waals surface area contributed by atoms with Crippen molar-refractivity contribution in [1.82, 2.24) is 10.6 Å². The zero-order valence-corrected chi connectivity index (χ0v) is 15.0. The zero-order chi connectivity index (χ0) is 18.8. The van der Waals surface area contributed by atoms with Gasteiger partial charge < -0.3 is 10.4 Å². The van der Waals surface area contributed by atoms with E-state index in [1.807, 2.05) is 55.5 Å². The number of phenols is 1. The minimum atomic E-state index is -0.419. The molecule has 0 aromatic heterocycles. The molecule has 1 aliphatic heterocycles. The summed E-state index contributed by atoms with van der Waals surface area (Å²) in [5, 5.41) is 17.1. The lowest BCUT2D eigenvalue weighted by Crippen LogP contribution is -2.40. The Bertz CT molecular complexity index is 982. The minimum absolute atomic E-state index is 0.212. The molecule has 3 nitrogen and oxygen atoms in total. The van der Waals surface area contributed by atoms with Crippen LogP contribution in [0.2, 0.25) is 0 Å². The summed E-state index contributed by atoms with van der Waals surface area (Å²) < 4.78 is 14.4. The molecule has 0 saturated heterocycles. The molecule has 2 unspecified atom stereocenters. The predicted octanol–water partition coefficient (Wildman–Crippen LogP) is 4.81. The SMILES string of the molecule is Cc1ccc(C2=CC(c3ccccc3O)NC(c3ccccc3F)N2)cc1. The molecule has 4 rings (SSSR count). The highest BCUT2D eigenvalue weighted by Crippen LogP contribution is 2.33. The minimum Gasteiger partial charge on any atom is -0.508 e. The molecule has 2 atom stereocenters. The lowest BCUT2D eigenvalue weighted by Gasteiger charge is -2.33. The van der Waals surface area contributed by atoms with Gasteiger partial charge in [0.1, 0.15) is 17.7 Å². The van der Waals surface area contributed by atoms with E-state index in [1.54, 1.807) is 24.3 Å². The average molecular weight is 360 g/mol. The summed E-state index contributed by atoms with van der Waals surface area (Å²) in [6.07, 6.45) is 1.61. The number of aryl methyl sites for hydroxylation is 1. The Labute approximate surface area is 158 Å². The van der Waals surface area contributed by atoms with E-state index in [9.17, 15) is 9.50 Å². The van der Waals surface area contributed by atoms with Crippen molar-refractivity contribution in [2.45, 2.75) is 19.1 Å². The molecule has 0 saturated carbocycles. The number of benzene rings is 3. The van der Waals surface area contributed by atoms with E-state index in [1.165, 1.54) is 11.6 Å². The van der Waals surface area contributed by atoms with Crippen molar-refractivity contribution in [2.24, 2.45) is 0 Å². The predicted molar refractivity (Wildman–Crippen MR) is 105 cm³/mol. The van der Waals surface area contributed by atoms with E-state index < -0.39 is 6.17 Å². The summed E-state index contributed by atoms with van der Waals surface area (Å²) in [5.41, 5.74) is 4.39. The maximum Gasteiger partial charge on any atom is 0.129 e. The zero-order valence-electron chi connectivity index (χ0n) is 15.0. The normalized spacial score (nSPS) is 19.3. The van der Waals surface area contributed by atoms with Gasteiger partial charge in [0.2, 0.25) is 0 Å². The van der Waals surface area contributed by atoms with Gasteiger partial charge in [0.15, 0.2) is 0 Å². The number of aromatic hydroxyl groups is 1. The van der Waals surface area contributed by atoms with Gasteiger partial charge in [-0.15, -0.1) is 0 Å². The summed E-state index contributed by atoms with van der Waals surface area (Å²) in [6, 6.07) is 21.9. The van der Waals surface area contributed by atoms with Crippen molar-refractivity contribution in [3.8, 4) is 5.75 Å². The maximum atomic E-state index is 14.4. The number of nitrogens with one attached hydrogen (secondary N) is 2. The van der Waals surface area contributed by atoms with E-state index in [-0.39, 0.29) is 17.6 Å². The van der Waals surface area contributed by atoms with Crippen LogP contribution in [0, 0.1) is 12.7 Å². The van der Waals surface area contributed by atoms with Crippen LogP contribution in [0.15, 0.2) is 78.9 Å². The van der Waals surface area contributed by atoms with Crippen LogP contribution in [0.1, 0.15) is 34.5 Å². The van der Waals surface area contributed by atoms with Gasteiger partial charge in [-0.05, 0) is 30.7 Å². The molecule has 0 aliphatic carbocycles. The van der Waals surface area contributed by atoms with Gasteiger partial charge in [0.25, 0.3) is 0 Å². The quantitative estimate of drug-likeness (QED) is 0.628. The monoisotopic (exact) mass is 360 g/mol. The number of rotatable bonds is 3. The van der Waals surface area contributed by atoms with Gasteiger partial charge in [-0.1, -0.05) is 66.2 Å². The lowest BCUT2D eigenvalue weighted by atomic mass is 9.97. The number of phenolic OH excluding ortho intramolecular Hbond substituents is 1. The van der Waals surface area contributed by atoms with Crippen molar-refractivity contribution in [2.75, 3.05) is 0 Å². The van der Waals surface area contributed by atoms with E-state index in [4.69, 9.17) is 0 Å². The molecule has 4 heteroatoms. The van der Waals surface area contributed by atoms with Crippen LogP contribution in [0.25, 0.3) is 5.70 Å². The number of halogens is 1. The molecule has 0 bridgehead atoms. The molecule has 3 aromatic carbocycles. The highest BCUT2D eigenvalue weighted by molar-refractivity contribution is 5.67. The Kier molecular flexibility index (Phi) is 4.65. The average Bonchev–Trinajstić information content (AvgIpc) is 2.69. The molecule has 136 valence electrons. The molecule has 0 fully saturated rings. The molecule has 0 spiro atoms. The molecular weight excluding hydrogens is 339 g/mol. The highest BCUT2D eigenvalue weighted by Gasteiger charge is 2.26. The first-order chi connectivity index (χ1) is 13.1. The Morgan fingerprint density at radius 1 is 0.852 bits per heavy atom.